The molecule has 3 rings (SSSR count). The third kappa shape index (κ3) is 3.42. The second-order valence-corrected chi connectivity index (χ2v) is 6.35. The van der Waals surface area contributed by atoms with Crippen LogP contribution in [0.15, 0.2) is 53.1 Å². The highest BCUT2D eigenvalue weighted by Gasteiger charge is 2.43. The van der Waals surface area contributed by atoms with Gasteiger partial charge in [0.15, 0.2) is 0 Å². The summed E-state index contributed by atoms with van der Waals surface area (Å²) in [6.45, 7) is 1.66. The number of hydrogen-bond acceptors (Lipinski definition) is 5. The predicted molar refractivity (Wildman–Crippen MR) is 86.5 cm³/mol. The molecule has 1 fully saturated rings. The highest BCUT2D eigenvalue weighted by Crippen LogP contribution is 2.41. The number of carbonyl (C=O) groups excluding carboxylic acids is 2. The smallest absolute Gasteiger partial charge is 0.330 e. The van der Waals surface area contributed by atoms with Gasteiger partial charge in [0.1, 0.15) is 23.8 Å². The number of ether oxygens (including phenoxy) is 1. The number of rotatable bonds is 4. The van der Waals surface area contributed by atoms with Gasteiger partial charge in [-0.15, -0.1) is 11.8 Å². The van der Waals surface area contributed by atoms with E-state index in [1.165, 1.54) is 23.6 Å². The summed E-state index contributed by atoms with van der Waals surface area (Å²) in [5.74, 6) is 0.616. The highest BCUT2D eigenvalue weighted by molar-refractivity contribution is 7.99. The summed E-state index contributed by atoms with van der Waals surface area (Å²) in [6, 6.07) is 12.5. The SMILES string of the molecule is CC(=O)N1[C@@H](C(=O)OCc2ccccc2)CS[C@H]1c1ccco1. The monoisotopic (exact) mass is 331 g/mol. The van der Waals surface area contributed by atoms with Crippen LogP contribution in [0.2, 0.25) is 0 Å². The van der Waals surface area contributed by atoms with Gasteiger partial charge in [-0.05, 0) is 17.7 Å². The zero-order valence-corrected chi connectivity index (χ0v) is 13.5. The maximum atomic E-state index is 12.4. The minimum atomic E-state index is -0.587. The largest absolute Gasteiger partial charge is 0.466 e. The zero-order chi connectivity index (χ0) is 16.2. The molecule has 1 saturated heterocycles. The van der Waals surface area contributed by atoms with Gasteiger partial charge in [0.05, 0.1) is 6.26 Å². The number of nitrogens with zero attached hydrogens (tertiary/aromatic N) is 1. The number of furan rings is 1. The van der Waals surface area contributed by atoms with Crippen LogP contribution in [-0.2, 0) is 20.9 Å². The Labute approximate surface area is 138 Å². The van der Waals surface area contributed by atoms with Gasteiger partial charge >= 0.3 is 5.97 Å². The Balaban J connectivity index is 1.69. The lowest BCUT2D eigenvalue weighted by Crippen LogP contribution is -2.42. The molecule has 1 amide bonds. The summed E-state index contributed by atoms with van der Waals surface area (Å²) in [5, 5.41) is -0.281. The Bertz CT molecular complexity index is 671. The molecule has 23 heavy (non-hydrogen) atoms. The van der Waals surface area contributed by atoms with Gasteiger partial charge in [-0.1, -0.05) is 30.3 Å². The number of benzene rings is 1. The van der Waals surface area contributed by atoms with Crippen LogP contribution < -0.4 is 0 Å². The van der Waals surface area contributed by atoms with Crippen molar-refractivity contribution in [2.45, 2.75) is 24.9 Å². The van der Waals surface area contributed by atoms with Crippen molar-refractivity contribution in [3.63, 3.8) is 0 Å². The molecule has 0 spiro atoms. The lowest BCUT2D eigenvalue weighted by molar-refractivity contribution is -0.154. The molecule has 0 unspecified atom stereocenters. The number of thioether (sulfide) groups is 1. The fourth-order valence-corrected chi connectivity index (χ4v) is 3.96. The normalized spacial score (nSPS) is 20.5. The van der Waals surface area contributed by atoms with Crippen molar-refractivity contribution >= 4 is 23.6 Å². The standard InChI is InChI=1S/C17H17NO4S/c1-12(19)18-14(11-23-16(18)15-8-5-9-21-15)17(20)22-10-13-6-3-2-4-7-13/h2-9,14,16H,10-11H2,1H3/t14-,16+/m1/s1. The van der Waals surface area contributed by atoms with E-state index in [-0.39, 0.29) is 23.9 Å². The van der Waals surface area contributed by atoms with Crippen molar-refractivity contribution < 1.29 is 18.7 Å². The van der Waals surface area contributed by atoms with E-state index in [4.69, 9.17) is 9.15 Å². The average Bonchev–Trinajstić information content (AvgIpc) is 3.22. The van der Waals surface area contributed by atoms with E-state index in [1.54, 1.807) is 12.3 Å². The molecule has 0 saturated carbocycles. The molecule has 2 heterocycles. The molecule has 1 aliphatic heterocycles. The van der Waals surface area contributed by atoms with Crippen LogP contribution in [0.1, 0.15) is 23.6 Å². The van der Waals surface area contributed by atoms with Crippen molar-refractivity contribution in [1.82, 2.24) is 4.90 Å². The van der Waals surface area contributed by atoms with Gasteiger partial charge in [0.25, 0.3) is 0 Å². The van der Waals surface area contributed by atoms with E-state index in [0.717, 1.165) is 5.56 Å². The van der Waals surface area contributed by atoms with Crippen LogP contribution in [0.25, 0.3) is 0 Å². The fraction of sp³-hybridized carbons (Fsp3) is 0.294. The molecule has 120 valence electrons. The molecule has 6 heteroatoms. The number of amides is 1. The van der Waals surface area contributed by atoms with Crippen molar-refractivity contribution in [3.05, 3.63) is 60.1 Å². The van der Waals surface area contributed by atoms with E-state index < -0.39 is 6.04 Å². The summed E-state index contributed by atoms with van der Waals surface area (Å²) < 4.78 is 10.8. The van der Waals surface area contributed by atoms with Crippen LogP contribution >= 0.6 is 11.8 Å². The van der Waals surface area contributed by atoms with Crippen molar-refractivity contribution in [1.29, 1.82) is 0 Å². The first-order valence-electron chi connectivity index (χ1n) is 7.31. The van der Waals surface area contributed by atoms with Gasteiger partial charge in [0, 0.05) is 12.7 Å². The first kappa shape index (κ1) is 15.7. The third-order valence-corrected chi connectivity index (χ3v) is 4.93. The van der Waals surface area contributed by atoms with E-state index in [0.29, 0.717) is 11.5 Å². The van der Waals surface area contributed by atoms with Gasteiger partial charge in [0.2, 0.25) is 5.91 Å². The fourth-order valence-electron chi connectivity index (χ4n) is 2.55. The minimum absolute atomic E-state index is 0.168. The molecule has 5 nitrogen and oxygen atoms in total. The molecule has 1 aromatic heterocycles. The highest BCUT2D eigenvalue weighted by atomic mass is 32.2. The van der Waals surface area contributed by atoms with E-state index in [1.807, 2.05) is 36.4 Å². The van der Waals surface area contributed by atoms with Crippen LogP contribution in [0.5, 0.6) is 0 Å². The van der Waals surface area contributed by atoms with Crippen LogP contribution in [-0.4, -0.2) is 28.6 Å². The Morgan fingerprint density at radius 2 is 2.04 bits per heavy atom. The molecular weight excluding hydrogens is 314 g/mol. The number of hydrogen-bond donors (Lipinski definition) is 0. The first-order chi connectivity index (χ1) is 11.2. The second-order valence-electron chi connectivity index (χ2n) is 5.24. The molecular formula is C17H17NO4S. The van der Waals surface area contributed by atoms with Crippen molar-refractivity contribution in [3.8, 4) is 0 Å². The summed E-state index contributed by atoms with van der Waals surface area (Å²) in [6.07, 6.45) is 1.56. The molecule has 2 atom stereocenters. The number of carbonyl (C=O) groups is 2. The molecule has 0 N–H and O–H groups in total. The zero-order valence-electron chi connectivity index (χ0n) is 12.7. The summed E-state index contributed by atoms with van der Waals surface area (Å²) >= 11 is 1.51. The van der Waals surface area contributed by atoms with E-state index >= 15 is 0 Å². The maximum Gasteiger partial charge on any atom is 0.330 e. The Morgan fingerprint density at radius 1 is 1.26 bits per heavy atom. The molecule has 0 aliphatic carbocycles. The van der Waals surface area contributed by atoms with Gasteiger partial charge in [-0.3, -0.25) is 4.79 Å². The Kier molecular flexibility index (Phi) is 4.71. The Hall–Kier alpha value is -2.21. The van der Waals surface area contributed by atoms with E-state index in [2.05, 4.69) is 0 Å². The second kappa shape index (κ2) is 6.91. The van der Waals surface area contributed by atoms with Crippen molar-refractivity contribution in [2.75, 3.05) is 5.75 Å². The lowest BCUT2D eigenvalue weighted by atomic mass is 10.2. The first-order valence-corrected chi connectivity index (χ1v) is 8.36. The topological polar surface area (TPSA) is 59.8 Å². The van der Waals surface area contributed by atoms with Gasteiger partial charge in [-0.2, -0.15) is 0 Å². The quantitative estimate of drug-likeness (QED) is 0.806. The van der Waals surface area contributed by atoms with E-state index in [9.17, 15) is 9.59 Å². The summed E-state index contributed by atoms with van der Waals surface area (Å²) in [5.41, 5.74) is 0.920. The summed E-state index contributed by atoms with van der Waals surface area (Å²) in [4.78, 5) is 25.9. The summed E-state index contributed by atoms with van der Waals surface area (Å²) in [7, 11) is 0. The molecule has 0 bridgehead atoms. The average molecular weight is 331 g/mol. The molecule has 1 aromatic carbocycles. The minimum Gasteiger partial charge on any atom is -0.466 e. The Morgan fingerprint density at radius 3 is 2.70 bits per heavy atom. The van der Waals surface area contributed by atoms with Crippen molar-refractivity contribution in [2.24, 2.45) is 0 Å². The maximum absolute atomic E-state index is 12.4. The molecule has 2 aromatic rings. The van der Waals surface area contributed by atoms with Crippen LogP contribution in [0.3, 0.4) is 0 Å². The van der Waals surface area contributed by atoms with Crippen LogP contribution in [0, 0.1) is 0 Å². The number of esters is 1. The molecule has 0 radical (unpaired) electrons. The van der Waals surface area contributed by atoms with Crippen LogP contribution in [0.4, 0.5) is 0 Å². The third-order valence-electron chi connectivity index (χ3n) is 3.65. The molecule has 1 aliphatic rings. The van der Waals surface area contributed by atoms with Gasteiger partial charge < -0.3 is 14.1 Å². The predicted octanol–water partition coefficient (Wildman–Crippen LogP) is 2.99. The lowest BCUT2D eigenvalue weighted by Gasteiger charge is -2.25. The van der Waals surface area contributed by atoms with Gasteiger partial charge in [-0.25, -0.2) is 4.79 Å².